The number of hydrogen-bond acceptors (Lipinski definition) is 4. The predicted octanol–water partition coefficient (Wildman–Crippen LogP) is 0.644. The zero-order valence-electron chi connectivity index (χ0n) is 8.00. The highest BCUT2D eigenvalue weighted by atomic mass is 32.2. The summed E-state index contributed by atoms with van der Waals surface area (Å²) < 4.78 is 24.5. The minimum atomic E-state index is -3.48. The minimum absolute atomic E-state index is 0.178. The fourth-order valence-electron chi connectivity index (χ4n) is 1.09. The smallest absolute Gasteiger partial charge is 0.258 e. The zero-order valence-corrected chi connectivity index (χ0v) is 8.82. The highest BCUT2D eigenvalue weighted by Crippen LogP contribution is 2.19. The summed E-state index contributed by atoms with van der Waals surface area (Å²) in [5, 5.41) is 10.6. The Hall–Kier alpha value is -1.47. The maximum atomic E-state index is 11.2. The SMILES string of the molecule is CNS(=O)(=O)Cc1ccccc1[N+](=O)[O-]. The molecule has 0 aliphatic rings. The normalized spacial score (nSPS) is 11.3. The Balaban J connectivity index is 3.10. The summed E-state index contributed by atoms with van der Waals surface area (Å²) in [6, 6.07) is 5.76. The van der Waals surface area contributed by atoms with Crippen LogP contribution in [-0.2, 0) is 15.8 Å². The van der Waals surface area contributed by atoms with Crippen molar-refractivity contribution in [2.75, 3.05) is 7.05 Å². The van der Waals surface area contributed by atoms with E-state index in [9.17, 15) is 18.5 Å². The lowest BCUT2D eigenvalue weighted by Crippen LogP contribution is -2.20. The Morgan fingerprint density at radius 3 is 2.53 bits per heavy atom. The third kappa shape index (κ3) is 3.00. The van der Waals surface area contributed by atoms with Gasteiger partial charge in [0.25, 0.3) is 5.69 Å². The summed E-state index contributed by atoms with van der Waals surface area (Å²) in [4.78, 5) is 9.99. The molecule has 0 fully saturated rings. The second kappa shape index (κ2) is 4.37. The average molecular weight is 230 g/mol. The molecule has 0 spiro atoms. The Kier molecular flexibility index (Phi) is 3.38. The van der Waals surface area contributed by atoms with E-state index in [0.29, 0.717) is 0 Å². The Bertz CT molecular complexity index is 469. The van der Waals surface area contributed by atoms with E-state index in [4.69, 9.17) is 0 Å². The van der Waals surface area contributed by atoms with Gasteiger partial charge in [-0.2, -0.15) is 0 Å². The fourth-order valence-corrected chi connectivity index (χ4v) is 1.89. The van der Waals surface area contributed by atoms with Crippen LogP contribution in [-0.4, -0.2) is 20.4 Å². The average Bonchev–Trinajstić information content (AvgIpc) is 2.18. The van der Waals surface area contributed by atoms with Crippen molar-refractivity contribution < 1.29 is 13.3 Å². The molecule has 0 unspecified atom stereocenters. The molecule has 15 heavy (non-hydrogen) atoms. The van der Waals surface area contributed by atoms with Gasteiger partial charge in [0.05, 0.1) is 10.7 Å². The lowest BCUT2D eigenvalue weighted by molar-refractivity contribution is -0.385. The van der Waals surface area contributed by atoms with Gasteiger partial charge in [0.2, 0.25) is 10.0 Å². The van der Waals surface area contributed by atoms with E-state index < -0.39 is 14.9 Å². The van der Waals surface area contributed by atoms with Crippen LogP contribution in [0, 0.1) is 10.1 Å². The first-order chi connectivity index (χ1) is 6.96. The number of rotatable bonds is 4. The van der Waals surface area contributed by atoms with E-state index in [-0.39, 0.29) is 17.0 Å². The number of nitro groups is 1. The van der Waals surface area contributed by atoms with Crippen LogP contribution in [0.15, 0.2) is 24.3 Å². The number of nitro benzene ring substituents is 1. The maximum absolute atomic E-state index is 11.2. The quantitative estimate of drug-likeness (QED) is 0.607. The predicted molar refractivity (Wildman–Crippen MR) is 54.8 cm³/mol. The number of benzene rings is 1. The number of para-hydroxylation sites is 1. The molecule has 6 nitrogen and oxygen atoms in total. The van der Waals surface area contributed by atoms with Crippen LogP contribution in [0.4, 0.5) is 5.69 Å². The lowest BCUT2D eigenvalue weighted by atomic mass is 10.2. The van der Waals surface area contributed by atoms with Crippen LogP contribution < -0.4 is 4.72 Å². The van der Waals surface area contributed by atoms with Crippen LogP contribution >= 0.6 is 0 Å². The Labute approximate surface area is 87.1 Å². The summed E-state index contributed by atoms with van der Waals surface area (Å²) >= 11 is 0. The number of sulfonamides is 1. The zero-order chi connectivity index (χ0) is 11.5. The van der Waals surface area contributed by atoms with Gasteiger partial charge in [0.15, 0.2) is 0 Å². The van der Waals surface area contributed by atoms with Crippen molar-refractivity contribution in [1.29, 1.82) is 0 Å². The molecule has 0 bridgehead atoms. The first-order valence-electron chi connectivity index (χ1n) is 4.10. The lowest BCUT2D eigenvalue weighted by Gasteiger charge is -2.02. The van der Waals surface area contributed by atoms with E-state index in [1.165, 1.54) is 25.2 Å². The molecule has 0 aliphatic heterocycles. The maximum Gasteiger partial charge on any atom is 0.273 e. The van der Waals surface area contributed by atoms with Crippen LogP contribution in [0.2, 0.25) is 0 Å². The summed E-state index contributed by atoms with van der Waals surface area (Å²) in [6.45, 7) is 0. The van der Waals surface area contributed by atoms with Gasteiger partial charge in [-0.25, -0.2) is 13.1 Å². The van der Waals surface area contributed by atoms with Gasteiger partial charge in [-0.05, 0) is 7.05 Å². The van der Waals surface area contributed by atoms with Gasteiger partial charge in [0, 0.05) is 11.6 Å². The number of nitrogens with zero attached hydrogens (tertiary/aromatic N) is 1. The highest BCUT2D eigenvalue weighted by molar-refractivity contribution is 7.88. The molecule has 0 aromatic heterocycles. The van der Waals surface area contributed by atoms with Crippen molar-refractivity contribution in [3.05, 3.63) is 39.9 Å². The minimum Gasteiger partial charge on any atom is -0.258 e. The third-order valence-corrected chi connectivity index (χ3v) is 3.16. The third-order valence-electron chi connectivity index (χ3n) is 1.84. The van der Waals surface area contributed by atoms with E-state index in [1.807, 2.05) is 0 Å². The molecule has 1 N–H and O–H groups in total. The molecule has 0 heterocycles. The summed E-state index contributed by atoms with van der Waals surface area (Å²) in [6.07, 6.45) is 0. The van der Waals surface area contributed by atoms with Gasteiger partial charge >= 0.3 is 0 Å². The molecule has 1 rings (SSSR count). The second-order valence-electron chi connectivity index (χ2n) is 2.85. The largest absolute Gasteiger partial charge is 0.273 e. The van der Waals surface area contributed by atoms with E-state index >= 15 is 0 Å². The number of nitrogens with one attached hydrogen (secondary N) is 1. The van der Waals surface area contributed by atoms with Crippen LogP contribution in [0.5, 0.6) is 0 Å². The highest BCUT2D eigenvalue weighted by Gasteiger charge is 2.17. The Morgan fingerprint density at radius 1 is 1.40 bits per heavy atom. The van der Waals surface area contributed by atoms with Gasteiger partial charge < -0.3 is 0 Å². The molecule has 1 aromatic rings. The first-order valence-corrected chi connectivity index (χ1v) is 5.75. The van der Waals surface area contributed by atoms with Gasteiger partial charge in [-0.1, -0.05) is 18.2 Å². The number of hydrogen-bond donors (Lipinski definition) is 1. The summed E-state index contributed by atoms with van der Waals surface area (Å²) in [5.74, 6) is -0.388. The van der Waals surface area contributed by atoms with Gasteiger partial charge in [0.1, 0.15) is 0 Å². The molecular weight excluding hydrogens is 220 g/mol. The van der Waals surface area contributed by atoms with Crippen LogP contribution in [0.1, 0.15) is 5.56 Å². The molecule has 0 saturated heterocycles. The molecule has 0 aliphatic carbocycles. The standard InChI is InChI=1S/C8H10N2O4S/c1-9-15(13,14)6-7-4-2-3-5-8(7)10(11)12/h2-5,9H,6H2,1H3. The van der Waals surface area contributed by atoms with Crippen molar-refractivity contribution in [2.45, 2.75) is 5.75 Å². The first kappa shape index (κ1) is 11.6. The van der Waals surface area contributed by atoms with E-state index in [2.05, 4.69) is 4.72 Å². The molecule has 0 amide bonds. The fraction of sp³-hybridized carbons (Fsp3) is 0.250. The van der Waals surface area contributed by atoms with Crippen LogP contribution in [0.3, 0.4) is 0 Å². The second-order valence-corrected chi connectivity index (χ2v) is 4.78. The topological polar surface area (TPSA) is 89.3 Å². The van der Waals surface area contributed by atoms with Crippen molar-refractivity contribution in [3.63, 3.8) is 0 Å². The summed E-state index contributed by atoms with van der Waals surface area (Å²) in [7, 11) is -2.22. The monoisotopic (exact) mass is 230 g/mol. The summed E-state index contributed by atoms with van der Waals surface area (Å²) in [5.41, 5.74) is -0.00632. The molecule has 0 saturated carbocycles. The van der Waals surface area contributed by atoms with Crippen molar-refractivity contribution in [3.8, 4) is 0 Å². The van der Waals surface area contributed by atoms with Crippen molar-refractivity contribution in [1.82, 2.24) is 4.72 Å². The van der Waals surface area contributed by atoms with E-state index in [1.54, 1.807) is 6.07 Å². The van der Waals surface area contributed by atoms with Gasteiger partial charge in [-0.3, -0.25) is 10.1 Å². The van der Waals surface area contributed by atoms with E-state index in [0.717, 1.165) is 0 Å². The molecule has 1 aromatic carbocycles. The molecule has 0 radical (unpaired) electrons. The van der Waals surface area contributed by atoms with Gasteiger partial charge in [-0.15, -0.1) is 0 Å². The molecule has 7 heteroatoms. The Morgan fingerprint density at radius 2 is 2.00 bits per heavy atom. The molecular formula is C8H10N2O4S. The molecule has 0 atom stereocenters. The van der Waals surface area contributed by atoms with Crippen LogP contribution in [0.25, 0.3) is 0 Å². The molecule has 82 valence electrons. The van der Waals surface area contributed by atoms with Crippen molar-refractivity contribution >= 4 is 15.7 Å². The van der Waals surface area contributed by atoms with Crippen molar-refractivity contribution in [2.24, 2.45) is 0 Å².